The van der Waals surface area contributed by atoms with E-state index in [0.29, 0.717) is 17.6 Å². The van der Waals surface area contributed by atoms with E-state index in [-0.39, 0.29) is 11.7 Å². The van der Waals surface area contributed by atoms with Crippen molar-refractivity contribution in [1.29, 1.82) is 0 Å². The number of aliphatic carboxylic acids is 1. The van der Waals surface area contributed by atoms with Gasteiger partial charge in [0, 0.05) is 12.5 Å². The third-order valence-electron chi connectivity index (χ3n) is 3.27. The van der Waals surface area contributed by atoms with Crippen LogP contribution in [0.3, 0.4) is 0 Å². The summed E-state index contributed by atoms with van der Waals surface area (Å²) >= 11 is 1.10. The molecule has 1 unspecified atom stereocenters. The maximum atomic E-state index is 12.2. The molecule has 8 heteroatoms. The van der Waals surface area contributed by atoms with Crippen LogP contribution >= 0.6 is 11.8 Å². The summed E-state index contributed by atoms with van der Waals surface area (Å²) in [7, 11) is 0. The number of nitrogens with one attached hydrogen (secondary N) is 1. The summed E-state index contributed by atoms with van der Waals surface area (Å²) in [5, 5.41) is 20.4. The quantitative estimate of drug-likeness (QED) is 0.705. The number of amides is 1. The molecule has 1 saturated carbocycles. The second-order valence-electron chi connectivity index (χ2n) is 5.13. The lowest BCUT2D eigenvalue weighted by Gasteiger charge is -2.17. The van der Waals surface area contributed by atoms with Gasteiger partial charge in [0.2, 0.25) is 5.91 Å². The van der Waals surface area contributed by atoms with E-state index < -0.39 is 12.0 Å². The number of hydrogen-bond donors (Lipinski definition) is 2. The minimum absolute atomic E-state index is 0.0873. The van der Waals surface area contributed by atoms with Gasteiger partial charge in [-0.1, -0.05) is 18.7 Å². The molecule has 0 aliphatic heterocycles. The van der Waals surface area contributed by atoms with E-state index in [4.69, 9.17) is 5.11 Å². The van der Waals surface area contributed by atoms with Gasteiger partial charge in [0.05, 0.1) is 5.75 Å². The summed E-state index contributed by atoms with van der Waals surface area (Å²) in [6.45, 7) is 4.42. The zero-order valence-corrected chi connectivity index (χ0v) is 13.0. The van der Waals surface area contributed by atoms with Gasteiger partial charge in [-0.15, -0.1) is 10.2 Å². The first kappa shape index (κ1) is 15.8. The molecule has 1 atom stereocenters. The third kappa shape index (κ3) is 3.96. The molecule has 7 nitrogen and oxygen atoms in total. The van der Waals surface area contributed by atoms with Crippen LogP contribution in [0.15, 0.2) is 5.16 Å². The average molecular weight is 312 g/mol. The first-order chi connectivity index (χ1) is 10.0. The molecule has 0 bridgehead atoms. The predicted octanol–water partition coefficient (Wildman–Crippen LogP) is 1.42. The average Bonchev–Trinajstić information content (AvgIpc) is 3.21. The molecular weight excluding hydrogens is 292 g/mol. The third-order valence-corrected chi connectivity index (χ3v) is 4.20. The number of hydrogen-bond acceptors (Lipinski definition) is 5. The minimum Gasteiger partial charge on any atom is -0.481 e. The minimum atomic E-state index is -0.911. The fourth-order valence-corrected chi connectivity index (χ4v) is 2.75. The SMILES string of the molecule is CCCNC(=O)C(C)n1c(SCC(=O)O)nnc1C1CC1. The van der Waals surface area contributed by atoms with Gasteiger partial charge in [-0.25, -0.2) is 0 Å². The van der Waals surface area contributed by atoms with Crippen molar-refractivity contribution in [3.05, 3.63) is 5.82 Å². The van der Waals surface area contributed by atoms with Crippen molar-refractivity contribution in [2.75, 3.05) is 12.3 Å². The molecule has 0 aromatic carbocycles. The van der Waals surface area contributed by atoms with Gasteiger partial charge in [-0.3, -0.25) is 14.2 Å². The zero-order valence-electron chi connectivity index (χ0n) is 12.2. The van der Waals surface area contributed by atoms with Crippen LogP contribution < -0.4 is 5.32 Å². The first-order valence-electron chi connectivity index (χ1n) is 7.11. The lowest BCUT2D eigenvalue weighted by molar-refractivity contribution is -0.133. The number of aromatic nitrogens is 3. The molecule has 0 saturated heterocycles. The highest BCUT2D eigenvalue weighted by Crippen LogP contribution is 2.41. The maximum Gasteiger partial charge on any atom is 0.313 e. The second-order valence-corrected chi connectivity index (χ2v) is 6.08. The smallest absolute Gasteiger partial charge is 0.313 e. The largest absolute Gasteiger partial charge is 0.481 e. The van der Waals surface area contributed by atoms with Crippen molar-refractivity contribution in [3.63, 3.8) is 0 Å². The van der Waals surface area contributed by atoms with Crippen molar-refractivity contribution in [3.8, 4) is 0 Å². The van der Waals surface area contributed by atoms with Gasteiger partial charge in [-0.2, -0.15) is 0 Å². The van der Waals surface area contributed by atoms with E-state index >= 15 is 0 Å². The number of nitrogens with zero attached hydrogens (tertiary/aromatic N) is 3. The van der Waals surface area contributed by atoms with E-state index in [9.17, 15) is 9.59 Å². The summed E-state index contributed by atoms with van der Waals surface area (Å²) in [4.78, 5) is 22.9. The number of carbonyl (C=O) groups is 2. The number of thioether (sulfide) groups is 1. The molecule has 1 aromatic heterocycles. The summed E-state index contributed by atoms with van der Waals surface area (Å²) in [5.74, 6) is 0.0491. The van der Waals surface area contributed by atoms with Crippen LogP contribution in [-0.2, 0) is 9.59 Å². The van der Waals surface area contributed by atoms with Gasteiger partial charge < -0.3 is 10.4 Å². The molecular formula is C13H20N4O3S. The van der Waals surface area contributed by atoms with Crippen molar-refractivity contribution in [1.82, 2.24) is 20.1 Å². The van der Waals surface area contributed by atoms with Crippen LogP contribution in [0.4, 0.5) is 0 Å². The summed E-state index contributed by atoms with van der Waals surface area (Å²) in [6, 6.07) is -0.432. The molecule has 0 radical (unpaired) electrons. The van der Waals surface area contributed by atoms with Gasteiger partial charge in [0.1, 0.15) is 11.9 Å². The molecule has 116 valence electrons. The van der Waals surface area contributed by atoms with Crippen molar-refractivity contribution < 1.29 is 14.7 Å². The molecule has 1 aromatic rings. The second kappa shape index (κ2) is 6.93. The van der Waals surface area contributed by atoms with Crippen LogP contribution in [-0.4, -0.2) is 44.0 Å². The fourth-order valence-electron chi connectivity index (χ4n) is 2.01. The lowest BCUT2D eigenvalue weighted by atomic mass is 10.2. The van der Waals surface area contributed by atoms with Gasteiger partial charge in [0.25, 0.3) is 0 Å². The topological polar surface area (TPSA) is 97.1 Å². The Morgan fingerprint density at radius 1 is 1.48 bits per heavy atom. The highest BCUT2D eigenvalue weighted by molar-refractivity contribution is 7.99. The van der Waals surface area contributed by atoms with Crippen LogP contribution in [0.2, 0.25) is 0 Å². The van der Waals surface area contributed by atoms with Crippen LogP contribution in [0, 0.1) is 0 Å². The fraction of sp³-hybridized carbons (Fsp3) is 0.692. The van der Waals surface area contributed by atoms with Crippen molar-refractivity contribution in [2.45, 2.75) is 50.2 Å². The highest BCUT2D eigenvalue weighted by atomic mass is 32.2. The van der Waals surface area contributed by atoms with E-state index in [1.807, 2.05) is 6.92 Å². The molecule has 0 spiro atoms. The number of rotatable bonds is 8. The molecule has 1 aliphatic carbocycles. The Morgan fingerprint density at radius 2 is 2.19 bits per heavy atom. The number of carboxylic acid groups (broad SMARTS) is 1. The zero-order chi connectivity index (χ0) is 15.4. The van der Waals surface area contributed by atoms with Crippen LogP contribution in [0.25, 0.3) is 0 Å². The molecule has 1 fully saturated rings. The highest BCUT2D eigenvalue weighted by Gasteiger charge is 2.33. The molecule has 1 aliphatic rings. The molecule has 1 amide bonds. The van der Waals surface area contributed by atoms with Crippen molar-refractivity contribution in [2.24, 2.45) is 0 Å². The maximum absolute atomic E-state index is 12.2. The van der Waals surface area contributed by atoms with Crippen molar-refractivity contribution >= 4 is 23.6 Å². The summed E-state index contributed by atoms with van der Waals surface area (Å²) < 4.78 is 1.79. The molecule has 1 heterocycles. The number of carbonyl (C=O) groups excluding carboxylic acids is 1. The first-order valence-corrected chi connectivity index (χ1v) is 8.10. The molecule has 2 rings (SSSR count). The Labute approximate surface area is 127 Å². The van der Waals surface area contributed by atoms with Gasteiger partial charge >= 0.3 is 5.97 Å². The Kier molecular flexibility index (Phi) is 5.22. The summed E-state index contributed by atoms with van der Waals surface area (Å²) in [5.41, 5.74) is 0. The van der Waals surface area contributed by atoms with Crippen LogP contribution in [0.5, 0.6) is 0 Å². The Hall–Kier alpha value is -1.57. The van der Waals surface area contributed by atoms with Gasteiger partial charge in [-0.05, 0) is 26.2 Å². The van der Waals surface area contributed by atoms with Gasteiger partial charge in [0.15, 0.2) is 5.16 Å². The Bertz CT molecular complexity index is 527. The van der Waals surface area contributed by atoms with E-state index in [1.165, 1.54) is 0 Å². The standard InChI is InChI=1S/C13H20N4O3S/c1-3-6-14-12(20)8(2)17-11(9-4-5-9)15-16-13(17)21-7-10(18)19/h8-9H,3-7H2,1-2H3,(H,14,20)(H,18,19). The predicted molar refractivity (Wildman–Crippen MR) is 78.4 cm³/mol. The Morgan fingerprint density at radius 3 is 2.76 bits per heavy atom. The number of carboxylic acids is 1. The molecule has 21 heavy (non-hydrogen) atoms. The van der Waals surface area contributed by atoms with Crippen LogP contribution in [0.1, 0.15) is 50.9 Å². The van der Waals surface area contributed by atoms with E-state index in [2.05, 4.69) is 15.5 Å². The Balaban J connectivity index is 2.19. The van der Waals surface area contributed by atoms with E-state index in [0.717, 1.165) is 36.8 Å². The normalized spacial score (nSPS) is 15.7. The summed E-state index contributed by atoms with van der Waals surface area (Å²) in [6.07, 6.45) is 2.97. The lowest BCUT2D eigenvalue weighted by Crippen LogP contribution is -2.32. The monoisotopic (exact) mass is 312 g/mol. The molecule has 2 N–H and O–H groups in total. The van der Waals surface area contributed by atoms with E-state index in [1.54, 1.807) is 11.5 Å².